The highest BCUT2D eigenvalue weighted by Gasteiger charge is 2.09. The van der Waals surface area contributed by atoms with Gasteiger partial charge in [0.25, 0.3) is 5.91 Å². The summed E-state index contributed by atoms with van der Waals surface area (Å²) in [5.74, 6) is 0.0580. The van der Waals surface area contributed by atoms with Crippen LogP contribution in [0.5, 0.6) is 5.75 Å². The Balaban J connectivity index is 1.91. The second-order valence-corrected chi connectivity index (χ2v) is 6.06. The SMILES string of the molecule is COc1ccc(C(=O)N/N=C(\C)CC(=O)Nc2cccc(Cl)c2C)cc1. The lowest BCUT2D eigenvalue weighted by atomic mass is 10.2. The van der Waals surface area contributed by atoms with Crippen molar-refractivity contribution in [1.29, 1.82) is 0 Å². The zero-order valence-electron chi connectivity index (χ0n) is 14.8. The van der Waals surface area contributed by atoms with E-state index in [9.17, 15) is 9.59 Å². The molecule has 136 valence electrons. The van der Waals surface area contributed by atoms with Crippen LogP contribution in [-0.4, -0.2) is 24.6 Å². The van der Waals surface area contributed by atoms with E-state index in [0.717, 1.165) is 5.56 Å². The number of rotatable bonds is 6. The number of carbonyl (C=O) groups is 2. The van der Waals surface area contributed by atoms with Crippen LogP contribution in [-0.2, 0) is 4.79 Å². The van der Waals surface area contributed by atoms with Crippen LogP contribution in [0.4, 0.5) is 5.69 Å². The molecule has 7 heteroatoms. The first-order valence-corrected chi connectivity index (χ1v) is 8.31. The molecule has 0 saturated carbocycles. The van der Waals surface area contributed by atoms with Crippen molar-refractivity contribution in [1.82, 2.24) is 5.43 Å². The molecule has 6 nitrogen and oxygen atoms in total. The normalized spacial score (nSPS) is 11.0. The number of halogens is 1. The number of hydrogen-bond donors (Lipinski definition) is 2. The molecule has 0 atom stereocenters. The number of benzene rings is 2. The maximum atomic E-state index is 12.1. The summed E-state index contributed by atoms with van der Waals surface area (Å²) in [5, 5.41) is 7.33. The number of hydrazone groups is 1. The summed E-state index contributed by atoms with van der Waals surface area (Å²) >= 11 is 6.03. The van der Waals surface area contributed by atoms with Crippen LogP contribution in [0.1, 0.15) is 29.3 Å². The molecule has 0 aromatic heterocycles. The molecule has 0 unspecified atom stereocenters. The Labute approximate surface area is 157 Å². The van der Waals surface area contributed by atoms with Crippen molar-refractivity contribution in [2.75, 3.05) is 12.4 Å². The third-order valence-electron chi connectivity index (χ3n) is 3.66. The van der Waals surface area contributed by atoms with Gasteiger partial charge in [-0.15, -0.1) is 0 Å². The number of carbonyl (C=O) groups excluding carboxylic acids is 2. The number of hydrogen-bond acceptors (Lipinski definition) is 4. The third kappa shape index (κ3) is 5.32. The minimum atomic E-state index is -0.363. The van der Waals surface area contributed by atoms with Crippen molar-refractivity contribution >= 4 is 34.8 Å². The van der Waals surface area contributed by atoms with Crippen molar-refractivity contribution in [2.24, 2.45) is 5.10 Å². The fraction of sp³-hybridized carbons (Fsp3) is 0.211. The Bertz CT molecular complexity index is 832. The molecule has 0 saturated heterocycles. The molecule has 0 heterocycles. The number of nitrogens with zero attached hydrogens (tertiary/aromatic N) is 1. The molecule has 2 aromatic rings. The van der Waals surface area contributed by atoms with E-state index < -0.39 is 0 Å². The molecule has 0 aliphatic carbocycles. The smallest absolute Gasteiger partial charge is 0.271 e. The van der Waals surface area contributed by atoms with Gasteiger partial charge in [0, 0.05) is 22.0 Å². The Kier molecular flexibility index (Phi) is 6.74. The Hall–Kier alpha value is -2.86. The average Bonchev–Trinajstić information content (AvgIpc) is 2.63. The quantitative estimate of drug-likeness (QED) is 0.597. The van der Waals surface area contributed by atoms with Crippen molar-refractivity contribution in [3.8, 4) is 5.75 Å². The lowest BCUT2D eigenvalue weighted by Crippen LogP contribution is -2.21. The molecule has 2 aromatic carbocycles. The van der Waals surface area contributed by atoms with Crippen LogP contribution < -0.4 is 15.5 Å². The molecule has 0 bridgehead atoms. The average molecular weight is 374 g/mol. The number of ether oxygens (including phenoxy) is 1. The van der Waals surface area contributed by atoms with Gasteiger partial charge < -0.3 is 10.1 Å². The molecule has 0 fully saturated rings. The Morgan fingerprint density at radius 2 is 1.85 bits per heavy atom. The molecule has 2 amide bonds. The largest absolute Gasteiger partial charge is 0.497 e. The van der Waals surface area contributed by atoms with Crippen molar-refractivity contribution in [3.63, 3.8) is 0 Å². The van der Waals surface area contributed by atoms with Gasteiger partial charge in [0.2, 0.25) is 5.91 Å². The van der Waals surface area contributed by atoms with E-state index in [1.807, 2.05) is 6.92 Å². The van der Waals surface area contributed by atoms with Crippen molar-refractivity contribution in [3.05, 3.63) is 58.6 Å². The first kappa shape index (κ1) is 19.5. The molecule has 0 aliphatic heterocycles. The highest BCUT2D eigenvalue weighted by molar-refractivity contribution is 6.31. The maximum Gasteiger partial charge on any atom is 0.271 e. The lowest BCUT2D eigenvalue weighted by molar-refractivity contribution is -0.115. The highest BCUT2D eigenvalue weighted by atomic mass is 35.5. The molecule has 0 aliphatic rings. The second-order valence-electron chi connectivity index (χ2n) is 5.65. The summed E-state index contributed by atoms with van der Waals surface area (Å²) in [6.45, 7) is 3.49. The second kappa shape index (κ2) is 9.01. The molecule has 0 radical (unpaired) electrons. The van der Waals surface area contributed by atoms with Gasteiger partial charge in [0.05, 0.1) is 13.5 Å². The maximum absolute atomic E-state index is 12.1. The van der Waals surface area contributed by atoms with Gasteiger partial charge >= 0.3 is 0 Å². The van der Waals surface area contributed by atoms with Crippen LogP contribution in [0.15, 0.2) is 47.6 Å². The molecule has 0 spiro atoms. The van der Waals surface area contributed by atoms with Crippen LogP contribution in [0.3, 0.4) is 0 Å². The summed E-state index contributed by atoms with van der Waals surface area (Å²) in [5.41, 5.74) is 4.80. The van der Waals surface area contributed by atoms with Gasteiger partial charge in [-0.1, -0.05) is 17.7 Å². The van der Waals surface area contributed by atoms with Gasteiger partial charge in [-0.2, -0.15) is 5.10 Å². The zero-order chi connectivity index (χ0) is 19.1. The number of anilines is 1. The van der Waals surface area contributed by atoms with E-state index >= 15 is 0 Å². The van der Waals surface area contributed by atoms with Crippen LogP contribution in [0.25, 0.3) is 0 Å². The van der Waals surface area contributed by atoms with Crippen molar-refractivity contribution in [2.45, 2.75) is 20.3 Å². The van der Waals surface area contributed by atoms with Crippen LogP contribution >= 0.6 is 11.6 Å². The first-order chi connectivity index (χ1) is 12.4. The van der Waals surface area contributed by atoms with E-state index in [2.05, 4.69) is 15.8 Å². The van der Waals surface area contributed by atoms with Crippen molar-refractivity contribution < 1.29 is 14.3 Å². The molecular weight excluding hydrogens is 354 g/mol. The van der Waals surface area contributed by atoms with Gasteiger partial charge in [-0.05, 0) is 55.8 Å². The topological polar surface area (TPSA) is 79.8 Å². The van der Waals surface area contributed by atoms with Gasteiger partial charge in [0.1, 0.15) is 5.75 Å². The van der Waals surface area contributed by atoms with E-state index in [1.165, 1.54) is 0 Å². The fourth-order valence-electron chi connectivity index (χ4n) is 2.16. The summed E-state index contributed by atoms with van der Waals surface area (Å²) in [6, 6.07) is 11.9. The molecule has 26 heavy (non-hydrogen) atoms. The standard InChI is InChI=1S/C19H20ClN3O3/c1-12(11-18(24)21-17-6-4-5-16(20)13(17)2)22-23-19(25)14-7-9-15(26-3)10-8-14/h4-10H,11H2,1-3H3,(H,21,24)(H,23,25)/b22-12+. The fourth-order valence-corrected chi connectivity index (χ4v) is 2.34. The highest BCUT2D eigenvalue weighted by Crippen LogP contribution is 2.23. The Morgan fingerprint density at radius 1 is 1.15 bits per heavy atom. The molecule has 2 N–H and O–H groups in total. The van der Waals surface area contributed by atoms with E-state index in [1.54, 1.807) is 56.5 Å². The predicted octanol–water partition coefficient (Wildman–Crippen LogP) is 3.79. The van der Waals surface area contributed by atoms with E-state index in [-0.39, 0.29) is 18.2 Å². The van der Waals surface area contributed by atoms with E-state index in [0.29, 0.717) is 27.7 Å². The van der Waals surface area contributed by atoms with Gasteiger partial charge in [-0.25, -0.2) is 5.43 Å². The lowest BCUT2D eigenvalue weighted by Gasteiger charge is -2.09. The van der Waals surface area contributed by atoms with Crippen LogP contribution in [0.2, 0.25) is 5.02 Å². The first-order valence-electron chi connectivity index (χ1n) is 7.93. The summed E-state index contributed by atoms with van der Waals surface area (Å²) in [6.07, 6.45) is 0.0504. The zero-order valence-corrected chi connectivity index (χ0v) is 15.6. The minimum Gasteiger partial charge on any atom is -0.497 e. The molecule has 2 rings (SSSR count). The predicted molar refractivity (Wildman–Crippen MR) is 103 cm³/mol. The Morgan fingerprint density at radius 3 is 2.50 bits per heavy atom. The number of nitrogens with one attached hydrogen (secondary N) is 2. The van der Waals surface area contributed by atoms with Gasteiger partial charge in [-0.3, -0.25) is 9.59 Å². The van der Waals surface area contributed by atoms with E-state index in [4.69, 9.17) is 16.3 Å². The molecular formula is C19H20ClN3O3. The summed E-state index contributed by atoms with van der Waals surface area (Å²) in [4.78, 5) is 24.1. The number of methoxy groups -OCH3 is 1. The number of amides is 2. The summed E-state index contributed by atoms with van der Waals surface area (Å²) in [7, 11) is 1.55. The van der Waals surface area contributed by atoms with Crippen LogP contribution in [0, 0.1) is 6.92 Å². The third-order valence-corrected chi connectivity index (χ3v) is 4.07. The monoisotopic (exact) mass is 373 g/mol. The minimum absolute atomic E-state index is 0.0504. The summed E-state index contributed by atoms with van der Waals surface area (Å²) < 4.78 is 5.04. The van der Waals surface area contributed by atoms with Gasteiger partial charge in [0.15, 0.2) is 0 Å².